The Labute approximate surface area is 127 Å². The maximum atomic E-state index is 12.3. The fourth-order valence-corrected chi connectivity index (χ4v) is 3.95. The summed E-state index contributed by atoms with van der Waals surface area (Å²) in [5, 5.41) is 0. The van der Waals surface area contributed by atoms with E-state index in [9.17, 15) is 8.42 Å². The molecule has 1 aliphatic carbocycles. The lowest BCUT2D eigenvalue weighted by Gasteiger charge is -2.34. The number of para-hydroxylation sites is 1. The molecule has 0 radical (unpaired) electrons. The highest BCUT2D eigenvalue weighted by atomic mass is 32.2. The number of hydrogen-bond donors (Lipinski definition) is 1. The van der Waals surface area contributed by atoms with Gasteiger partial charge in [-0.3, -0.25) is 0 Å². The zero-order valence-electron chi connectivity index (χ0n) is 13.0. The minimum atomic E-state index is -3.51. The van der Waals surface area contributed by atoms with Gasteiger partial charge in [-0.1, -0.05) is 25.3 Å². The van der Waals surface area contributed by atoms with E-state index in [1.807, 2.05) is 13.1 Å². The summed E-state index contributed by atoms with van der Waals surface area (Å²) in [6, 6.07) is 5.68. The van der Waals surface area contributed by atoms with Crippen molar-refractivity contribution in [1.29, 1.82) is 0 Å². The van der Waals surface area contributed by atoms with Gasteiger partial charge in [0.25, 0.3) is 0 Å². The Balaban J connectivity index is 2.38. The Kier molecular flexibility index (Phi) is 4.78. The van der Waals surface area contributed by atoms with E-state index in [0.29, 0.717) is 11.7 Å². The fourth-order valence-electron chi connectivity index (χ4n) is 2.93. The summed E-state index contributed by atoms with van der Waals surface area (Å²) in [5.74, 6) is 0. The van der Waals surface area contributed by atoms with Crippen LogP contribution in [0.25, 0.3) is 0 Å². The molecule has 1 aromatic carbocycles. The number of benzene rings is 1. The van der Waals surface area contributed by atoms with Gasteiger partial charge < -0.3 is 10.6 Å². The number of nitrogens with two attached hydrogens (primary N) is 1. The van der Waals surface area contributed by atoms with E-state index in [4.69, 9.17) is 5.73 Å². The Morgan fingerprint density at radius 1 is 1.10 bits per heavy atom. The van der Waals surface area contributed by atoms with Crippen LogP contribution in [0.3, 0.4) is 0 Å². The van der Waals surface area contributed by atoms with Gasteiger partial charge in [-0.05, 0) is 25.0 Å². The molecule has 1 aromatic rings. The Hall–Kier alpha value is -1.27. The van der Waals surface area contributed by atoms with Crippen molar-refractivity contribution in [2.45, 2.75) is 43.0 Å². The van der Waals surface area contributed by atoms with Crippen LogP contribution in [0.15, 0.2) is 23.1 Å². The maximum absolute atomic E-state index is 12.3. The minimum absolute atomic E-state index is 0.188. The number of nitrogen functional groups attached to an aromatic ring is 1. The molecule has 0 saturated heterocycles. The minimum Gasteiger partial charge on any atom is -0.396 e. The molecule has 0 amide bonds. The van der Waals surface area contributed by atoms with Crippen molar-refractivity contribution >= 4 is 21.4 Å². The van der Waals surface area contributed by atoms with Gasteiger partial charge in [0, 0.05) is 27.2 Å². The van der Waals surface area contributed by atoms with Crippen LogP contribution >= 0.6 is 0 Å². The largest absolute Gasteiger partial charge is 0.396 e. The number of anilines is 2. The SMILES string of the molecule is CN(c1cccc(S(=O)(=O)N(C)C)c1N)C1CCCCC1. The molecule has 6 heteroatoms. The average molecular weight is 311 g/mol. The van der Waals surface area contributed by atoms with E-state index >= 15 is 0 Å². The zero-order chi connectivity index (χ0) is 15.6. The van der Waals surface area contributed by atoms with Gasteiger partial charge in [0.1, 0.15) is 4.90 Å². The molecule has 1 saturated carbocycles. The lowest BCUT2D eigenvalue weighted by molar-refractivity contribution is 0.427. The molecule has 0 unspecified atom stereocenters. The van der Waals surface area contributed by atoms with Gasteiger partial charge in [0.2, 0.25) is 10.0 Å². The first-order valence-corrected chi connectivity index (χ1v) is 8.83. The molecule has 0 spiro atoms. The lowest BCUT2D eigenvalue weighted by atomic mass is 9.94. The van der Waals surface area contributed by atoms with Crippen LogP contribution in [-0.2, 0) is 10.0 Å². The molecule has 0 bridgehead atoms. The molecule has 0 heterocycles. The van der Waals surface area contributed by atoms with Gasteiger partial charge >= 0.3 is 0 Å². The first-order valence-electron chi connectivity index (χ1n) is 7.39. The normalized spacial score (nSPS) is 17.1. The molecule has 1 fully saturated rings. The first kappa shape index (κ1) is 16.1. The summed E-state index contributed by atoms with van der Waals surface area (Å²) in [6.45, 7) is 0. The van der Waals surface area contributed by atoms with Crippen LogP contribution in [0.1, 0.15) is 32.1 Å². The molecule has 1 aliphatic rings. The Bertz CT molecular complexity index is 593. The van der Waals surface area contributed by atoms with E-state index in [0.717, 1.165) is 18.5 Å². The Morgan fingerprint density at radius 3 is 2.29 bits per heavy atom. The number of hydrogen-bond acceptors (Lipinski definition) is 4. The molecule has 0 atom stereocenters. The third-order valence-electron chi connectivity index (χ3n) is 4.30. The van der Waals surface area contributed by atoms with Gasteiger partial charge in [-0.15, -0.1) is 0 Å². The summed E-state index contributed by atoms with van der Waals surface area (Å²) < 4.78 is 25.9. The molecule has 2 rings (SSSR count). The van der Waals surface area contributed by atoms with E-state index < -0.39 is 10.0 Å². The molecule has 21 heavy (non-hydrogen) atoms. The van der Waals surface area contributed by atoms with Gasteiger partial charge in [-0.2, -0.15) is 0 Å². The van der Waals surface area contributed by atoms with Crippen LogP contribution in [-0.4, -0.2) is 39.9 Å². The van der Waals surface area contributed by atoms with Crippen molar-refractivity contribution in [2.24, 2.45) is 0 Å². The third-order valence-corrected chi connectivity index (χ3v) is 6.18. The lowest BCUT2D eigenvalue weighted by Crippen LogP contribution is -2.34. The number of nitrogens with zero attached hydrogens (tertiary/aromatic N) is 2. The average Bonchev–Trinajstić information content (AvgIpc) is 2.47. The molecule has 118 valence electrons. The highest BCUT2D eigenvalue weighted by molar-refractivity contribution is 7.89. The summed E-state index contributed by atoms with van der Waals surface area (Å²) in [7, 11) is 1.54. The van der Waals surface area contributed by atoms with Crippen LogP contribution in [0.2, 0.25) is 0 Å². The van der Waals surface area contributed by atoms with E-state index in [1.165, 1.54) is 37.7 Å². The quantitative estimate of drug-likeness (QED) is 0.866. The van der Waals surface area contributed by atoms with E-state index in [-0.39, 0.29) is 4.90 Å². The third kappa shape index (κ3) is 3.16. The molecule has 2 N–H and O–H groups in total. The first-order chi connectivity index (χ1) is 9.85. The van der Waals surface area contributed by atoms with E-state index in [2.05, 4.69) is 4.90 Å². The predicted molar refractivity (Wildman–Crippen MR) is 87.0 cm³/mol. The summed E-state index contributed by atoms with van der Waals surface area (Å²) >= 11 is 0. The fraction of sp³-hybridized carbons (Fsp3) is 0.600. The summed E-state index contributed by atoms with van der Waals surface area (Å²) in [5.41, 5.74) is 7.32. The van der Waals surface area contributed by atoms with Crippen molar-refractivity contribution in [3.8, 4) is 0 Å². The molecule has 0 aliphatic heterocycles. The smallest absolute Gasteiger partial charge is 0.244 e. The summed E-state index contributed by atoms with van der Waals surface area (Å²) in [6.07, 6.45) is 6.02. The number of sulfonamides is 1. The zero-order valence-corrected chi connectivity index (χ0v) is 13.9. The standard InChI is InChI=1S/C15H25N3O2S/c1-17(2)21(19,20)14-11-7-10-13(15(14)16)18(3)12-8-5-4-6-9-12/h7,10-12H,4-6,8-9,16H2,1-3H3. The molecule has 0 aromatic heterocycles. The van der Waals surface area contributed by atoms with Crippen LogP contribution in [0, 0.1) is 0 Å². The van der Waals surface area contributed by atoms with Crippen molar-refractivity contribution in [2.75, 3.05) is 31.8 Å². The van der Waals surface area contributed by atoms with Gasteiger partial charge in [0.15, 0.2) is 0 Å². The van der Waals surface area contributed by atoms with Crippen molar-refractivity contribution < 1.29 is 8.42 Å². The second kappa shape index (κ2) is 6.23. The van der Waals surface area contributed by atoms with Gasteiger partial charge in [0.05, 0.1) is 11.4 Å². The van der Waals surface area contributed by atoms with Crippen LogP contribution in [0.4, 0.5) is 11.4 Å². The monoisotopic (exact) mass is 311 g/mol. The topological polar surface area (TPSA) is 66.6 Å². The van der Waals surface area contributed by atoms with Crippen molar-refractivity contribution in [3.05, 3.63) is 18.2 Å². The maximum Gasteiger partial charge on any atom is 0.244 e. The molecular weight excluding hydrogens is 286 g/mol. The molecule has 5 nitrogen and oxygen atoms in total. The van der Waals surface area contributed by atoms with Crippen LogP contribution in [0.5, 0.6) is 0 Å². The second-order valence-corrected chi connectivity index (χ2v) is 8.00. The number of rotatable bonds is 4. The predicted octanol–water partition coefficient (Wildman–Crippen LogP) is 2.29. The molecular formula is C15H25N3O2S. The van der Waals surface area contributed by atoms with E-state index in [1.54, 1.807) is 12.1 Å². The highest BCUT2D eigenvalue weighted by Crippen LogP contribution is 2.34. The second-order valence-electron chi connectivity index (χ2n) is 5.88. The Morgan fingerprint density at radius 2 is 1.71 bits per heavy atom. The highest BCUT2D eigenvalue weighted by Gasteiger charge is 2.25. The summed E-state index contributed by atoms with van der Waals surface area (Å²) in [4.78, 5) is 2.33. The van der Waals surface area contributed by atoms with Crippen LogP contribution < -0.4 is 10.6 Å². The van der Waals surface area contributed by atoms with Crippen molar-refractivity contribution in [1.82, 2.24) is 4.31 Å². The van der Waals surface area contributed by atoms with Crippen molar-refractivity contribution in [3.63, 3.8) is 0 Å². The van der Waals surface area contributed by atoms with Gasteiger partial charge in [-0.25, -0.2) is 12.7 Å².